The summed E-state index contributed by atoms with van der Waals surface area (Å²) in [6.07, 6.45) is 10.7. The number of aliphatic hydroxyl groups is 1. The molecule has 0 heterocycles. The van der Waals surface area contributed by atoms with E-state index in [0.717, 1.165) is 19.3 Å². The highest BCUT2D eigenvalue weighted by Crippen LogP contribution is 2.10. The number of nitrogens with two attached hydrogens (primary N) is 1. The maximum absolute atomic E-state index is 9.41. The lowest BCUT2D eigenvalue weighted by atomic mass is 10.1. The van der Waals surface area contributed by atoms with E-state index in [2.05, 4.69) is 6.92 Å². The molecule has 14 heavy (non-hydrogen) atoms. The Balaban J connectivity index is 2.98. The van der Waals surface area contributed by atoms with Crippen LogP contribution in [0.2, 0.25) is 0 Å². The molecule has 0 saturated heterocycles. The first-order chi connectivity index (χ1) is 6.81. The van der Waals surface area contributed by atoms with Gasteiger partial charge in [0.25, 0.3) is 0 Å². The summed E-state index contributed by atoms with van der Waals surface area (Å²) in [6, 6.07) is 0. The van der Waals surface area contributed by atoms with Crippen molar-refractivity contribution in [1.29, 1.82) is 0 Å². The maximum Gasteiger partial charge on any atom is 0.0552 e. The molecule has 1 atom stereocenters. The molecule has 0 aliphatic carbocycles. The molecule has 3 N–H and O–H groups in total. The first-order valence-corrected chi connectivity index (χ1v) is 6.19. The van der Waals surface area contributed by atoms with Crippen molar-refractivity contribution in [2.24, 2.45) is 5.73 Å². The van der Waals surface area contributed by atoms with Crippen LogP contribution in [0.15, 0.2) is 0 Å². The fourth-order valence-electron chi connectivity index (χ4n) is 1.67. The van der Waals surface area contributed by atoms with Gasteiger partial charge in [-0.3, -0.25) is 0 Å². The third-order valence-electron chi connectivity index (χ3n) is 2.64. The number of hydrogen-bond donors (Lipinski definition) is 2. The largest absolute Gasteiger partial charge is 0.393 e. The molecule has 1 unspecified atom stereocenters. The highest BCUT2D eigenvalue weighted by atomic mass is 16.3. The first kappa shape index (κ1) is 13.9. The van der Waals surface area contributed by atoms with Crippen molar-refractivity contribution in [1.82, 2.24) is 0 Å². The molecule has 0 aliphatic rings. The summed E-state index contributed by atoms with van der Waals surface area (Å²) in [5, 5.41) is 9.41. The van der Waals surface area contributed by atoms with Crippen LogP contribution in [0, 0.1) is 0 Å². The average Bonchev–Trinajstić information content (AvgIpc) is 2.17. The van der Waals surface area contributed by atoms with Gasteiger partial charge in [0.05, 0.1) is 6.10 Å². The summed E-state index contributed by atoms with van der Waals surface area (Å²) in [4.78, 5) is 0. The predicted octanol–water partition coefficient (Wildman–Crippen LogP) is 2.84. The molecule has 0 saturated carbocycles. The lowest BCUT2D eigenvalue weighted by Gasteiger charge is -2.08. The molecule has 0 spiro atoms. The molecule has 2 nitrogen and oxygen atoms in total. The van der Waals surface area contributed by atoms with Gasteiger partial charge in [-0.2, -0.15) is 0 Å². The third-order valence-corrected chi connectivity index (χ3v) is 2.64. The Morgan fingerprint density at radius 2 is 1.50 bits per heavy atom. The molecule has 0 amide bonds. The number of unbranched alkanes of at least 4 members (excludes halogenated alkanes) is 6. The average molecular weight is 201 g/mol. The Hall–Kier alpha value is -0.0800. The second-order valence-electron chi connectivity index (χ2n) is 4.14. The minimum Gasteiger partial charge on any atom is -0.393 e. The highest BCUT2D eigenvalue weighted by molar-refractivity contribution is 4.56. The van der Waals surface area contributed by atoms with Crippen LogP contribution in [0.4, 0.5) is 0 Å². The minimum atomic E-state index is -0.157. The molecule has 0 rings (SSSR count). The highest BCUT2D eigenvalue weighted by Gasteiger charge is 2.01. The Kier molecular flexibility index (Phi) is 10.9. The van der Waals surface area contributed by atoms with Gasteiger partial charge in [-0.1, -0.05) is 51.9 Å². The van der Waals surface area contributed by atoms with Crippen LogP contribution in [0.1, 0.15) is 64.7 Å². The van der Waals surface area contributed by atoms with Crippen molar-refractivity contribution < 1.29 is 5.11 Å². The summed E-state index contributed by atoms with van der Waals surface area (Å²) in [5.41, 5.74) is 5.35. The Morgan fingerprint density at radius 3 is 2.07 bits per heavy atom. The topological polar surface area (TPSA) is 46.2 Å². The van der Waals surface area contributed by atoms with Gasteiger partial charge in [0, 0.05) is 0 Å². The fourth-order valence-corrected chi connectivity index (χ4v) is 1.67. The van der Waals surface area contributed by atoms with E-state index in [1.165, 1.54) is 38.5 Å². The van der Waals surface area contributed by atoms with Crippen LogP contribution < -0.4 is 5.73 Å². The van der Waals surface area contributed by atoms with Crippen LogP contribution in [-0.2, 0) is 0 Å². The van der Waals surface area contributed by atoms with E-state index in [9.17, 15) is 5.11 Å². The number of hydrogen-bond acceptors (Lipinski definition) is 2. The van der Waals surface area contributed by atoms with Gasteiger partial charge in [0.1, 0.15) is 0 Å². The van der Waals surface area contributed by atoms with Gasteiger partial charge in [-0.15, -0.1) is 0 Å². The number of rotatable bonds is 10. The van der Waals surface area contributed by atoms with E-state index in [4.69, 9.17) is 5.73 Å². The molecular weight excluding hydrogens is 174 g/mol. The van der Waals surface area contributed by atoms with E-state index in [1.54, 1.807) is 0 Å². The first-order valence-electron chi connectivity index (χ1n) is 6.19. The molecule has 0 aromatic heterocycles. The van der Waals surface area contributed by atoms with Gasteiger partial charge < -0.3 is 10.8 Å². The van der Waals surface area contributed by atoms with Crippen LogP contribution in [0.25, 0.3) is 0 Å². The zero-order valence-corrected chi connectivity index (χ0v) is 9.67. The zero-order valence-electron chi connectivity index (χ0n) is 9.67. The molecule has 2 heteroatoms. The molecular formula is C12H27NO. The molecule has 86 valence electrons. The van der Waals surface area contributed by atoms with E-state index in [1.807, 2.05) is 0 Å². The van der Waals surface area contributed by atoms with Gasteiger partial charge >= 0.3 is 0 Å². The van der Waals surface area contributed by atoms with E-state index < -0.39 is 0 Å². The Morgan fingerprint density at radius 1 is 0.929 bits per heavy atom. The monoisotopic (exact) mass is 201 g/mol. The quantitative estimate of drug-likeness (QED) is 0.534. The number of aliphatic hydroxyl groups excluding tert-OH is 1. The smallest absolute Gasteiger partial charge is 0.0552 e. The van der Waals surface area contributed by atoms with Crippen molar-refractivity contribution in [3.05, 3.63) is 0 Å². The van der Waals surface area contributed by atoms with Crippen LogP contribution in [0.5, 0.6) is 0 Å². The minimum absolute atomic E-state index is 0.157. The summed E-state index contributed by atoms with van der Waals surface area (Å²) < 4.78 is 0. The van der Waals surface area contributed by atoms with E-state index >= 15 is 0 Å². The summed E-state index contributed by atoms with van der Waals surface area (Å²) in [7, 11) is 0. The van der Waals surface area contributed by atoms with Crippen LogP contribution in [0.3, 0.4) is 0 Å². The lowest BCUT2D eigenvalue weighted by molar-refractivity contribution is 0.153. The van der Waals surface area contributed by atoms with E-state index in [-0.39, 0.29) is 6.10 Å². The zero-order chi connectivity index (χ0) is 10.6. The van der Waals surface area contributed by atoms with Crippen LogP contribution >= 0.6 is 0 Å². The van der Waals surface area contributed by atoms with Crippen molar-refractivity contribution >= 4 is 0 Å². The Bertz CT molecular complexity index is 106. The second-order valence-corrected chi connectivity index (χ2v) is 4.14. The van der Waals surface area contributed by atoms with Crippen molar-refractivity contribution in [2.45, 2.75) is 70.8 Å². The summed E-state index contributed by atoms with van der Waals surface area (Å²) in [5.74, 6) is 0. The molecule has 0 radical (unpaired) electrons. The molecule has 0 fully saturated rings. The van der Waals surface area contributed by atoms with Gasteiger partial charge in [0.15, 0.2) is 0 Å². The lowest BCUT2D eigenvalue weighted by Crippen LogP contribution is -2.12. The van der Waals surface area contributed by atoms with Crippen LogP contribution in [-0.4, -0.2) is 17.8 Å². The SMILES string of the molecule is CCCCCCCCCC(O)CCN. The van der Waals surface area contributed by atoms with Gasteiger partial charge in [-0.05, 0) is 19.4 Å². The predicted molar refractivity (Wildman–Crippen MR) is 62.3 cm³/mol. The van der Waals surface area contributed by atoms with Crippen molar-refractivity contribution in [3.8, 4) is 0 Å². The van der Waals surface area contributed by atoms with E-state index in [0.29, 0.717) is 6.54 Å². The van der Waals surface area contributed by atoms with Gasteiger partial charge in [-0.25, -0.2) is 0 Å². The summed E-state index contributed by atoms with van der Waals surface area (Å²) in [6.45, 7) is 2.85. The normalized spacial score (nSPS) is 13.1. The standard InChI is InChI=1S/C12H27NO/c1-2-3-4-5-6-7-8-9-12(14)10-11-13/h12,14H,2-11,13H2,1H3. The van der Waals surface area contributed by atoms with Gasteiger partial charge in [0.2, 0.25) is 0 Å². The molecule has 0 bridgehead atoms. The fraction of sp³-hybridized carbons (Fsp3) is 1.00. The van der Waals surface area contributed by atoms with Crippen molar-refractivity contribution in [3.63, 3.8) is 0 Å². The second kappa shape index (κ2) is 11.0. The third kappa shape index (κ3) is 10.0. The summed E-state index contributed by atoms with van der Waals surface area (Å²) >= 11 is 0. The van der Waals surface area contributed by atoms with Crippen molar-refractivity contribution in [2.75, 3.05) is 6.54 Å². The molecule has 0 aromatic carbocycles. The Labute approximate surface area is 88.9 Å². The molecule has 0 aliphatic heterocycles. The molecule has 0 aromatic rings. The maximum atomic E-state index is 9.41.